The Balaban J connectivity index is 2.31. The number of benzene rings is 1. The molecule has 1 heterocycles. The van der Waals surface area contributed by atoms with Crippen LogP contribution in [0.2, 0.25) is 0 Å². The molecule has 0 fully saturated rings. The van der Waals surface area contributed by atoms with Gasteiger partial charge in [0, 0.05) is 12.2 Å². The molecule has 0 saturated carbocycles. The summed E-state index contributed by atoms with van der Waals surface area (Å²) < 4.78 is 0. The molecule has 0 saturated heterocycles. The molecular formula is C15H18N4. The number of nitrogens with one attached hydrogen (secondary N) is 1. The number of anilines is 2. The monoisotopic (exact) mass is 254 g/mol. The van der Waals surface area contributed by atoms with Crippen LogP contribution in [0, 0.1) is 12.3 Å². The van der Waals surface area contributed by atoms with E-state index >= 15 is 0 Å². The fourth-order valence-electron chi connectivity index (χ4n) is 1.94. The first kappa shape index (κ1) is 13.1. The van der Waals surface area contributed by atoms with Gasteiger partial charge in [-0.2, -0.15) is 0 Å². The first-order valence-electron chi connectivity index (χ1n) is 6.26. The third-order valence-electron chi connectivity index (χ3n) is 3.00. The minimum Gasteiger partial charge on any atom is -0.382 e. The number of nitrogens with zero attached hydrogens (tertiary/aromatic N) is 2. The summed E-state index contributed by atoms with van der Waals surface area (Å²) in [5.74, 6) is -0.00932. The summed E-state index contributed by atoms with van der Waals surface area (Å²) in [4.78, 5) is 6.36. The van der Waals surface area contributed by atoms with Crippen LogP contribution in [-0.4, -0.2) is 17.4 Å². The lowest BCUT2D eigenvalue weighted by Gasteiger charge is -2.23. The van der Waals surface area contributed by atoms with E-state index in [1.54, 1.807) is 12.3 Å². The highest BCUT2D eigenvalue weighted by atomic mass is 15.1. The van der Waals surface area contributed by atoms with Crippen molar-refractivity contribution in [2.24, 2.45) is 5.73 Å². The van der Waals surface area contributed by atoms with Gasteiger partial charge in [-0.25, -0.2) is 0 Å². The Morgan fingerprint density at radius 3 is 2.26 bits per heavy atom. The lowest BCUT2D eigenvalue weighted by molar-refractivity contribution is 1.01. The van der Waals surface area contributed by atoms with E-state index in [0.29, 0.717) is 5.69 Å². The number of hydrogen-bond acceptors (Lipinski definition) is 3. The summed E-state index contributed by atoms with van der Waals surface area (Å²) in [5, 5.41) is 7.35. The molecule has 4 heteroatoms. The third-order valence-corrected chi connectivity index (χ3v) is 3.00. The number of nitrogen functional groups attached to an aromatic ring is 1. The highest BCUT2D eigenvalue weighted by molar-refractivity contribution is 5.93. The predicted molar refractivity (Wildman–Crippen MR) is 79.1 cm³/mol. The quantitative estimate of drug-likeness (QED) is 0.651. The zero-order valence-corrected chi connectivity index (χ0v) is 11.2. The number of hydrogen-bond donors (Lipinski definition) is 2. The Morgan fingerprint density at radius 2 is 1.79 bits per heavy atom. The molecule has 3 N–H and O–H groups in total. The molecule has 0 atom stereocenters. The third kappa shape index (κ3) is 2.91. The van der Waals surface area contributed by atoms with Crippen LogP contribution in [0.1, 0.15) is 18.2 Å². The van der Waals surface area contributed by atoms with E-state index in [1.807, 2.05) is 6.07 Å². The van der Waals surface area contributed by atoms with E-state index in [2.05, 4.69) is 48.0 Å². The molecule has 0 radical (unpaired) electrons. The van der Waals surface area contributed by atoms with Gasteiger partial charge in [0.2, 0.25) is 0 Å². The number of aromatic nitrogens is 1. The maximum Gasteiger partial charge on any atom is 0.141 e. The predicted octanol–water partition coefficient (Wildman–Crippen LogP) is 2.83. The molecule has 4 nitrogen and oxygen atoms in total. The summed E-state index contributed by atoms with van der Waals surface area (Å²) in [6.07, 6.45) is 1.75. The van der Waals surface area contributed by atoms with Crippen molar-refractivity contribution in [1.82, 2.24) is 4.98 Å². The molecule has 0 aliphatic carbocycles. The zero-order valence-electron chi connectivity index (χ0n) is 11.2. The molecular weight excluding hydrogens is 236 g/mol. The number of nitrogens with two attached hydrogens (primary N) is 1. The summed E-state index contributed by atoms with van der Waals surface area (Å²) in [6.45, 7) is 5.02. The molecule has 2 aromatic rings. The van der Waals surface area contributed by atoms with Gasteiger partial charge >= 0.3 is 0 Å². The van der Waals surface area contributed by atoms with Gasteiger partial charge in [0.1, 0.15) is 11.5 Å². The second kappa shape index (κ2) is 5.52. The van der Waals surface area contributed by atoms with Crippen LogP contribution in [0.3, 0.4) is 0 Å². The maximum atomic E-state index is 7.35. The van der Waals surface area contributed by atoms with Crippen molar-refractivity contribution in [2.45, 2.75) is 13.8 Å². The number of aryl methyl sites for hydroxylation is 1. The average molecular weight is 254 g/mol. The normalized spacial score (nSPS) is 10.2. The first-order chi connectivity index (χ1) is 9.11. The van der Waals surface area contributed by atoms with Crippen LogP contribution >= 0.6 is 0 Å². The number of amidine groups is 1. The second-order valence-electron chi connectivity index (χ2n) is 4.40. The summed E-state index contributed by atoms with van der Waals surface area (Å²) >= 11 is 0. The average Bonchev–Trinajstić information content (AvgIpc) is 2.42. The van der Waals surface area contributed by atoms with Crippen molar-refractivity contribution < 1.29 is 0 Å². The molecule has 0 amide bonds. The van der Waals surface area contributed by atoms with Gasteiger partial charge in [-0.3, -0.25) is 10.4 Å². The van der Waals surface area contributed by atoms with Gasteiger partial charge < -0.3 is 10.6 Å². The highest BCUT2D eigenvalue weighted by Crippen LogP contribution is 2.24. The van der Waals surface area contributed by atoms with Crippen LogP contribution in [-0.2, 0) is 0 Å². The highest BCUT2D eigenvalue weighted by Gasteiger charge is 2.08. The Morgan fingerprint density at radius 1 is 1.16 bits per heavy atom. The molecule has 0 bridgehead atoms. The summed E-state index contributed by atoms with van der Waals surface area (Å²) in [7, 11) is 0. The maximum absolute atomic E-state index is 7.35. The van der Waals surface area contributed by atoms with Gasteiger partial charge in [-0.1, -0.05) is 17.7 Å². The fourth-order valence-corrected chi connectivity index (χ4v) is 1.94. The van der Waals surface area contributed by atoms with Crippen LogP contribution in [0.25, 0.3) is 0 Å². The molecule has 0 spiro atoms. The van der Waals surface area contributed by atoms with E-state index in [9.17, 15) is 0 Å². The smallest absolute Gasteiger partial charge is 0.141 e. The topological polar surface area (TPSA) is 66.0 Å². The van der Waals surface area contributed by atoms with Crippen LogP contribution < -0.4 is 10.6 Å². The van der Waals surface area contributed by atoms with Crippen molar-refractivity contribution in [1.29, 1.82) is 5.41 Å². The van der Waals surface area contributed by atoms with Crippen molar-refractivity contribution in [2.75, 3.05) is 11.4 Å². The second-order valence-corrected chi connectivity index (χ2v) is 4.40. The molecule has 0 aliphatic heterocycles. The Hall–Kier alpha value is -2.36. The number of pyridine rings is 1. The standard InChI is InChI=1S/C15H18N4/c1-3-19(12-6-4-11(2)5-7-12)13-8-9-14(15(16)17)18-10-13/h4-10H,3H2,1-2H3,(H3,16,17). The van der Waals surface area contributed by atoms with Crippen molar-refractivity contribution >= 4 is 17.2 Å². The van der Waals surface area contributed by atoms with Gasteiger partial charge in [0.25, 0.3) is 0 Å². The van der Waals surface area contributed by atoms with E-state index in [4.69, 9.17) is 11.1 Å². The largest absolute Gasteiger partial charge is 0.382 e. The number of rotatable bonds is 4. The fraction of sp³-hybridized carbons (Fsp3) is 0.200. The molecule has 0 aliphatic rings. The summed E-state index contributed by atoms with van der Waals surface area (Å²) in [6, 6.07) is 12.1. The van der Waals surface area contributed by atoms with Gasteiger partial charge in [-0.05, 0) is 38.1 Å². The van der Waals surface area contributed by atoms with E-state index < -0.39 is 0 Å². The first-order valence-corrected chi connectivity index (χ1v) is 6.26. The lowest BCUT2D eigenvalue weighted by Crippen LogP contribution is -2.17. The molecule has 19 heavy (non-hydrogen) atoms. The van der Waals surface area contributed by atoms with Crippen LogP contribution in [0.5, 0.6) is 0 Å². The Bertz CT molecular complexity index is 558. The van der Waals surface area contributed by atoms with Crippen LogP contribution in [0.15, 0.2) is 42.6 Å². The van der Waals surface area contributed by atoms with E-state index in [1.165, 1.54) is 5.56 Å². The molecule has 1 aromatic heterocycles. The van der Waals surface area contributed by atoms with Gasteiger partial charge in [0.05, 0.1) is 11.9 Å². The van der Waals surface area contributed by atoms with Gasteiger partial charge in [-0.15, -0.1) is 0 Å². The van der Waals surface area contributed by atoms with Crippen molar-refractivity contribution in [3.63, 3.8) is 0 Å². The lowest BCUT2D eigenvalue weighted by atomic mass is 10.2. The Labute approximate surface area is 113 Å². The van der Waals surface area contributed by atoms with Crippen LogP contribution in [0.4, 0.5) is 11.4 Å². The Kier molecular flexibility index (Phi) is 3.80. The van der Waals surface area contributed by atoms with Gasteiger partial charge in [0.15, 0.2) is 0 Å². The minimum atomic E-state index is -0.00932. The minimum absolute atomic E-state index is 0.00932. The molecule has 2 rings (SSSR count). The van der Waals surface area contributed by atoms with Crippen molar-refractivity contribution in [3.8, 4) is 0 Å². The molecule has 0 unspecified atom stereocenters. The molecule has 1 aromatic carbocycles. The summed E-state index contributed by atoms with van der Waals surface area (Å²) in [5.41, 5.74) is 9.28. The van der Waals surface area contributed by atoms with Crippen molar-refractivity contribution in [3.05, 3.63) is 53.9 Å². The molecule has 98 valence electrons. The van der Waals surface area contributed by atoms with E-state index in [0.717, 1.165) is 17.9 Å². The SMILES string of the molecule is CCN(c1ccc(C)cc1)c1ccc(C(=N)N)nc1. The zero-order chi connectivity index (χ0) is 13.8. The van der Waals surface area contributed by atoms with E-state index in [-0.39, 0.29) is 5.84 Å².